The molecule has 0 radical (unpaired) electrons. The van der Waals surface area contributed by atoms with E-state index in [9.17, 15) is 9.59 Å². The summed E-state index contributed by atoms with van der Waals surface area (Å²) in [6.07, 6.45) is 1.65. The minimum Gasteiger partial charge on any atom is -0.461 e. The summed E-state index contributed by atoms with van der Waals surface area (Å²) < 4.78 is 10.6. The first-order valence-corrected chi connectivity index (χ1v) is 8.85. The summed E-state index contributed by atoms with van der Waals surface area (Å²) in [5.74, 6) is 0.328. The molecule has 2 aromatic heterocycles. The fraction of sp³-hybridized carbons (Fsp3) is 0.471. The predicted molar refractivity (Wildman–Crippen MR) is 89.5 cm³/mol. The van der Waals surface area contributed by atoms with Gasteiger partial charge in [-0.15, -0.1) is 11.3 Å². The minimum atomic E-state index is -0.298. The van der Waals surface area contributed by atoms with E-state index in [4.69, 9.17) is 9.15 Å². The van der Waals surface area contributed by atoms with Crippen LogP contribution in [0.5, 0.6) is 0 Å². The number of morpholine rings is 1. The van der Waals surface area contributed by atoms with Gasteiger partial charge in [-0.1, -0.05) is 13.8 Å². The van der Waals surface area contributed by atoms with Gasteiger partial charge in [0.2, 0.25) is 0 Å². The Bertz CT molecular complexity index is 708. The van der Waals surface area contributed by atoms with Crippen LogP contribution in [0.4, 0.5) is 0 Å². The van der Waals surface area contributed by atoms with E-state index in [0.717, 1.165) is 5.01 Å². The van der Waals surface area contributed by atoms with Crippen molar-refractivity contribution in [3.05, 3.63) is 40.2 Å². The van der Waals surface area contributed by atoms with E-state index >= 15 is 0 Å². The molecule has 0 spiro atoms. The summed E-state index contributed by atoms with van der Waals surface area (Å²) in [5.41, 5.74) is 0.445. The van der Waals surface area contributed by atoms with Crippen LogP contribution < -0.4 is 0 Å². The Labute approximate surface area is 144 Å². The number of Topliss-reactive ketones (excluding diaryl/α,β-unsaturated/α-hetero) is 1. The van der Waals surface area contributed by atoms with Gasteiger partial charge in [0.05, 0.1) is 30.5 Å². The molecule has 0 N–H and O–H groups in total. The van der Waals surface area contributed by atoms with Gasteiger partial charge in [-0.25, -0.2) is 4.98 Å². The van der Waals surface area contributed by atoms with Crippen molar-refractivity contribution in [3.8, 4) is 0 Å². The van der Waals surface area contributed by atoms with Gasteiger partial charge in [-0.3, -0.25) is 9.59 Å². The van der Waals surface area contributed by atoms with Crippen molar-refractivity contribution in [1.82, 2.24) is 9.88 Å². The maximum atomic E-state index is 12.8. The summed E-state index contributed by atoms with van der Waals surface area (Å²) in [5, 5.41) is 2.73. The zero-order chi connectivity index (χ0) is 17.1. The first-order chi connectivity index (χ1) is 11.6. The van der Waals surface area contributed by atoms with Crippen LogP contribution >= 0.6 is 11.3 Å². The zero-order valence-electron chi connectivity index (χ0n) is 13.7. The highest BCUT2D eigenvalue weighted by Crippen LogP contribution is 2.22. The van der Waals surface area contributed by atoms with Crippen molar-refractivity contribution >= 4 is 23.0 Å². The summed E-state index contributed by atoms with van der Waals surface area (Å²) in [6, 6.07) is 3.01. The Balaban J connectivity index is 1.73. The standard InChI is InChI=1S/C17H20N2O4S/c1-11(2)16-18-13(10-24-16)17(21)19-5-7-22-9-12(19)8-14(20)15-4-3-6-23-15/h3-4,6,10-12H,5,7-9H2,1-2H3. The van der Waals surface area contributed by atoms with Crippen LogP contribution in [0.15, 0.2) is 28.2 Å². The smallest absolute Gasteiger partial charge is 0.273 e. The second-order valence-corrected chi connectivity index (χ2v) is 6.95. The van der Waals surface area contributed by atoms with Crippen molar-refractivity contribution in [2.24, 2.45) is 0 Å². The second kappa shape index (κ2) is 7.27. The van der Waals surface area contributed by atoms with Crippen LogP contribution in [-0.2, 0) is 4.74 Å². The molecule has 3 heterocycles. The summed E-state index contributed by atoms with van der Waals surface area (Å²) in [4.78, 5) is 31.2. The lowest BCUT2D eigenvalue weighted by molar-refractivity contribution is -0.00330. The van der Waals surface area contributed by atoms with E-state index in [1.54, 1.807) is 22.4 Å². The van der Waals surface area contributed by atoms with Crippen LogP contribution in [0.25, 0.3) is 0 Å². The van der Waals surface area contributed by atoms with E-state index in [1.807, 2.05) is 13.8 Å². The van der Waals surface area contributed by atoms with E-state index in [-0.39, 0.29) is 30.1 Å². The molecule has 1 fully saturated rings. The van der Waals surface area contributed by atoms with Crippen LogP contribution in [0.2, 0.25) is 0 Å². The number of aromatic nitrogens is 1. The molecule has 0 bridgehead atoms. The maximum absolute atomic E-state index is 12.8. The van der Waals surface area contributed by atoms with Gasteiger partial charge in [-0.05, 0) is 12.1 Å². The largest absolute Gasteiger partial charge is 0.461 e. The second-order valence-electron chi connectivity index (χ2n) is 6.06. The number of carbonyl (C=O) groups excluding carboxylic acids is 2. The molecule has 3 rings (SSSR count). The number of hydrogen-bond donors (Lipinski definition) is 0. The third kappa shape index (κ3) is 3.57. The molecule has 1 atom stereocenters. The molecule has 6 nitrogen and oxygen atoms in total. The van der Waals surface area contributed by atoms with Crippen LogP contribution in [0.1, 0.15) is 52.2 Å². The average Bonchev–Trinajstić information content (AvgIpc) is 3.26. The molecule has 0 aliphatic carbocycles. The molecule has 1 saturated heterocycles. The Morgan fingerprint density at radius 2 is 2.29 bits per heavy atom. The van der Waals surface area contributed by atoms with Gasteiger partial charge in [0.25, 0.3) is 5.91 Å². The van der Waals surface area contributed by atoms with Crippen molar-refractivity contribution in [3.63, 3.8) is 0 Å². The summed E-state index contributed by atoms with van der Waals surface area (Å²) in [6.45, 7) is 5.38. The van der Waals surface area contributed by atoms with Crippen LogP contribution in [0, 0.1) is 0 Å². The highest BCUT2D eigenvalue weighted by Gasteiger charge is 2.31. The molecule has 1 aliphatic rings. The van der Waals surface area contributed by atoms with Gasteiger partial charge in [-0.2, -0.15) is 0 Å². The monoisotopic (exact) mass is 348 g/mol. The summed E-state index contributed by atoms with van der Waals surface area (Å²) >= 11 is 1.49. The fourth-order valence-corrected chi connectivity index (χ4v) is 3.45. The number of furan rings is 1. The molecule has 0 saturated carbocycles. The highest BCUT2D eigenvalue weighted by atomic mass is 32.1. The summed E-state index contributed by atoms with van der Waals surface area (Å²) in [7, 11) is 0. The fourth-order valence-electron chi connectivity index (χ4n) is 2.64. The first-order valence-electron chi connectivity index (χ1n) is 7.97. The first kappa shape index (κ1) is 16.9. The van der Waals surface area contributed by atoms with Crippen molar-refractivity contribution in [2.45, 2.75) is 32.2 Å². The number of nitrogens with zero attached hydrogens (tertiary/aromatic N) is 2. The Morgan fingerprint density at radius 1 is 1.46 bits per heavy atom. The average molecular weight is 348 g/mol. The predicted octanol–water partition coefficient (Wildman–Crippen LogP) is 2.97. The molecule has 128 valence electrons. The zero-order valence-corrected chi connectivity index (χ0v) is 14.5. The van der Waals surface area contributed by atoms with Crippen LogP contribution in [-0.4, -0.2) is 47.4 Å². The van der Waals surface area contributed by atoms with Crippen molar-refractivity contribution in [1.29, 1.82) is 0 Å². The highest BCUT2D eigenvalue weighted by molar-refractivity contribution is 7.09. The number of ketones is 1. The minimum absolute atomic E-state index is 0.130. The van der Waals surface area contributed by atoms with E-state index < -0.39 is 0 Å². The normalized spacial score (nSPS) is 18.1. The number of amides is 1. The number of ether oxygens (including phenoxy) is 1. The molecular weight excluding hydrogens is 328 g/mol. The van der Waals surface area contributed by atoms with E-state index in [0.29, 0.717) is 31.2 Å². The Morgan fingerprint density at radius 3 is 2.96 bits per heavy atom. The number of rotatable bonds is 5. The van der Waals surface area contributed by atoms with Gasteiger partial charge in [0, 0.05) is 24.3 Å². The molecule has 1 amide bonds. The lowest BCUT2D eigenvalue weighted by Crippen LogP contribution is -2.49. The van der Waals surface area contributed by atoms with E-state index in [1.165, 1.54) is 17.6 Å². The van der Waals surface area contributed by atoms with Crippen LogP contribution in [0.3, 0.4) is 0 Å². The molecule has 24 heavy (non-hydrogen) atoms. The molecule has 1 aliphatic heterocycles. The lowest BCUT2D eigenvalue weighted by atomic mass is 10.1. The molecule has 7 heteroatoms. The maximum Gasteiger partial charge on any atom is 0.273 e. The molecule has 0 aromatic carbocycles. The topological polar surface area (TPSA) is 72.6 Å². The number of thiazole rings is 1. The Hall–Kier alpha value is -1.99. The van der Waals surface area contributed by atoms with Crippen molar-refractivity contribution in [2.75, 3.05) is 19.8 Å². The van der Waals surface area contributed by atoms with Gasteiger partial charge >= 0.3 is 0 Å². The molecule has 1 unspecified atom stereocenters. The van der Waals surface area contributed by atoms with Crippen molar-refractivity contribution < 1.29 is 18.7 Å². The SMILES string of the molecule is CC(C)c1nc(C(=O)N2CCOCC2CC(=O)c2ccco2)cs1. The lowest BCUT2D eigenvalue weighted by Gasteiger charge is -2.34. The third-order valence-corrected chi connectivity index (χ3v) is 5.09. The number of hydrogen-bond acceptors (Lipinski definition) is 6. The molecular formula is C17H20N2O4S. The van der Waals surface area contributed by atoms with Gasteiger partial charge in [0.1, 0.15) is 5.69 Å². The number of carbonyl (C=O) groups is 2. The van der Waals surface area contributed by atoms with E-state index in [2.05, 4.69) is 4.98 Å². The van der Waals surface area contributed by atoms with Gasteiger partial charge < -0.3 is 14.1 Å². The Kier molecular flexibility index (Phi) is 5.11. The molecule has 2 aromatic rings. The quantitative estimate of drug-likeness (QED) is 0.777. The third-order valence-electron chi connectivity index (χ3n) is 3.94. The van der Waals surface area contributed by atoms with Gasteiger partial charge in [0.15, 0.2) is 11.5 Å².